The first kappa shape index (κ1) is 13.7. The number of hydrogen-bond donors (Lipinski definition) is 1. The lowest BCUT2D eigenvalue weighted by Crippen LogP contribution is -2.36. The highest BCUT2D eigenvalue weighted by molar-refractivity contribution is 7.13. The smallest absolute Gasteiger partial charge is 0.123 e. The fourth-order valence-electron chi connectivity index (χ4n) is 2.77. The molecule has 106 valence electrons. The van der Waals surface area contributed by atoms with E-state index in [9.17, 15) is 5.11 Å². The van der Waals surface area contributed by atoms with Crippen LogP contribution >= 0.6 is 11.3 Å². The van der Waals surface area contributed by atoms with Gasteiger partial charge in [0.2, 0.25) is 0 Å². The highest BCUT2D eigenvalue weighted by Crippen LogP contribution is 2.25. The van der Waals surface area contributed by atoms with Crippen molar-refractivity contribution in [1.82, 2.24) is 9.88 Å². The minimum Gasteiger partial charge on any atom is -0.396 e. The van der Waals surface area contributed by atoms with Crippen LogP contribution < -0.4 is 0 Å². The summed E-state index contributed by atoms with van der Waals surface area (Å²) in [6.45, 7) is 3.33. The Hall–Kier alpha value is -1.23. The van der Waals surface area contributed by atoms with E-state index in [0.717, 1.165) is 36.8 Å². The zero-order valence-electron chi connectivity index (χ0n) is 11.5. The van der Waals surface area contributed by atoms with E-state index in [2.05, 4.69) is 22.4 Å². The van der Waals surface area contributed by atoms with Crippen molar-refractivity contribution in [3.8, 4) is 10.6 Å². The Balaban J connectivity index is 1.65. The van der Waals surface area contributed by atoms with E-state index in [1.165, 1.54) is 12.0 Å². The molecule has 1 N–H and O–H groups in total. The van der Waals surface area contributed by atoms with Crippen LogP contribution in [0.5, 0.6) is 0 Å². The van der Waals surface area contributed by atoms with Gasteiger partial charge in [-0.2, -0.15) is 0 Å². The number of piperidine rings is 1. The number of aromatic nitrogens is 1. The summed E-state index contributed by atoms with van der Waals surface area (Å²) in [5, 5.41) is 12.5. The van der Waals surface area contributed by atoms with E-state index in [1.54, 1.807) is 11.3 Å². The second-order valence-electron chi connectivity index (χ2n) is 5.44. The topological polar surface area (TPSA) is 36.4 Å². The number of nitrogens with zero attached hydrogens (tertiary/aromatic N) is 2. The molecule has 1 aromatic carbocycles. The van der Waals surface area contributed by atoms with E-state index in [4.69, 9.17) is 4.98 Å². The van der Waals surface area contributed by atoms with Crippen molar-refractivity contribution in [3.05, 3.63) is 41.4 Å². The molecule has 1 unspecified atom stereocenters. The predicted molar refractivity (Wildman–Crippen MR) is 82.6 cm³/mol. The van der Waals surface area contributed by atoms with Crippen molar-refractivity contribution in [2.75, 3.05) is 19.7 Å². The predicted octanol–water partition coefficient (Wildman–Crippen LogP) is 3.01. The highest BCUT2D eigenvalue weighted by atomic mass is 32.1. The van der Waals surface area contributed by atoms with Crippen molar-refractivity contribution in [3.63, 3.8) is 0 Å². The number of likely N-dealkylation sites (tertiary alicyclic amines) is 1. The van der Waals surface area contributed by atoms with Gasteiger partial charge in [-0.25, -0.2) is 4.98 Å². The zero-order valence-corrected chi connectivity index (χ0v) is 12.4. The maximum atomic E-state index is 9.29. The lowest BCUT2D eigenvalue weighted by atomic mass is 9.99. The summed E-state index contributed by atoms with van der Waals surface area (Å²) in [6.07, 6.45) is 2.33. The van der Waals surface area contributed by atoms with Crippen molar-refractivity contribution in [2.45, 2.75) is 19.4 Å². The maximum Gasteiger partial charge on any atom is 0.123 e. The van der Waals surface area contributed by atoms with Gasteiger partial charge >= 0.3 is 0 Å². The molecular weight excluding hydrogens is 268 g/mol. The number of aliphatic hydroxyl groups is 1. The number of rotatable bonds is 4. The van der Waals surface area contributed by atoms with Crippen LogP contribution in [0.2, 0.25) is 0 Å². The molecule has 1 aliphatic rings. The SMILES string of the molecule is OCC1CCCN(Cc2csc(-c3ccccc3)n2)C1. The van der Waals surface area contributed by atoms with Crippen molar-refractivity contribution >= 4 is 11.3 Å². The molecule has 2 aromatic rings. The van der Waals surface area contributed by atoms with Crippen molar-refractivity contribution in [2.24, 2.45) is 5.92 Å². The van der Waals surface area contributed by atoms with Crippen LogP contribution in [0, 0.1) is 5.92 Å². The molecule has 0 saturated carbocycles. The monoisotopic (exact) mass is 288 g/mol. The van der Waals surface area contributed by atoms with Gasteiger partial charge in [-0.15, -0.1) is 11.3 Å². The van der Waals surface area contributed by atoms with Gasteiger partial charge in [0.15, 0.2) is 0 Å². The quantitative estimate of drug-likeness (QED) is 0.939. The average Bonchev–Trinajstić information content (AvgIpc) is 2.97. The van der Waals surface area contributed by atoms with Gasteiger partial charge < -0.3 is 5.11 Å². The molecule has 1 aliphatic heterocycles. The van der Waals surface area contributed by atoms with Gasteiger partial charge in [0, 0.05) is 30.6 Å². The summed E-state index contributed by atoms with van der Waals surface area (Å²) >= 11 is 1.71. The van der Waals surface area contributed by atoms with E-state index in [1.807, 2.05) is 18.2 Å². The highest BCUT2D eigenvalue weighted by Gasteiger charge is 2.19. The van der Waals surface area contributed by atoms with Crippen molar-refractivity contribution < 1.29 is 5.11 Å². The van der Waals surface area contributed by atoms with Crippen LogP contribution in [-0.2, 0) is 6.54 Å². The Morgan fingerprint density at radius 1 is 1.30 bits per heavy atom. The third-order valence-electron chi connectivity index (χ3n) is 3.82. The third-order valence-corrected chi connectivity index (χ3v) is 4.76. The average molecular weight is 288 g/mol. The minimum atomic E-state index is 0.308. The number of thiazole rings is 1. The van der Waals surface area contributed by atoms with Crippen LogP contribution in [0.3, 0.4) is 0 Å². The lowest BCUT2D eigenvalue weighted by molar-refractivity contribution is 0.115. The van der Waals surface area contributed by atoms with E-state index in [0.29, 0.717) is 12.5 Å². The minimum absolute atomic E-state index is 0.308. The first-order chi connectivity index (χ1) is 9.85. The Bertz CT molecular complexity index is 540. The van der Waals surface area contributed by atoms with Crippen molar-refractivity contribution in [1.29, 1.82) is 0 Å². The second kappa shape index (κ2) is 6.48. The standard InChI is InChI=1S/C16H20N2OS/c19-11-13-5-4-8-18(9-13)10-15-12-20-16(17-15)14-6-2-1-3-7-14/h1-3,6-7,12-13,19H,4-5,8-11H2. The maximum absolute atomic E-state index is 9.29. The van der Waals surface area contributed by atoms with Crippen LogP contribution in [-0.4, -0.2) is 34.7 Å². The van der Waals surface area contributed by atoms with Gasteiger partial charge in [0.05, 0.1) is 5.69 Å². The second-order valence-corrected chi connectivity index (χ2v) is 6.29. The lowest BCUT2D eigenvalue weighted by Gasteiger charge is -2.31. The first-order valence-corrected chi connectivity index (χ1v) is 8.06. The summed E-state index contributed by atoms with van der Waals surface area (Å²) in [7, 11) is 0. The molecule has 0 aliphatic carbocycles. The molecular formula is C16H20N2OS. The molecule has 20 heavy (non-hydrogen) atoms. The summed E-state index contributed by atoms with van der Waals surface area (Å²) < 4.78 is 0. The number of aliphatic hydroxyl groups excluding tert-OH is 1. The molecule has 4 heteroatoms. The van der Waals surface area contributed by atoms with Crippen LogP contribution in [0.25, 0.3) is 10.6 Å². The van der Waals surface area contributed by atoms with E-state index < -0.39 is 0 Å². The normalized spacial score (nSPS) is 20.1. The number of hydrogen-bond acceptors (Lipinski definition) is 4. The molecule has 2 heterocycles. The summed E-state index contributed by atoms with van der Waals surface area (Å²) in [4.78, 5) is 7.15. The van der Waals surface area contributed by atoms with E-state index >= 15 is 0 Å². The molecule has 1 saturated heterocycles. The van der Waals surface area contributed by atoms with Gasteiger partial charge in [-0.1, -0.05) is 30.3 Å². The van der Waals surface area contributed by atoms with Crippen LogP contribution in [0.1, 0.15) is 18.5 Å². The molecule has 3 rings (SSSR count). The fourth-order valence-corrected chi connectivity index (χ4v) is 3.58. The Morgan fingerprint density at radius 3 is 2.95 bits per heavy atom. The van der Waals surface area contributed by atoms with Gasteiger partial charge in [0.25, 0.3) is 0 Å². The molecule has 0 bridgehead atoms. The Kier molecular flexibility index (Phi) is 4.45. The zero-order chi connectivity index (χ0) is 13.8. The molecule has 0 amide bonds. The molecule has 0 radical (unpaired) electrons. The molecule has 1 atom stereocenters. The molecule has 1 fully saturated rings. The summed E-state index contributed by atoms with van der Waals surface area (Å²) in [5.41, 5.74) is 2.34. The fraction of sp³-hybridized carbons (Fsp3) is 0.438. The first-order valence-electron chi connectivity index (χ1n) is 7.18. The van der Waals surface area contributed by atoms with Crippen LogP contribution in [0.4, 0.5) is 0 Å². The largest absolute Gasteiger partial charge is 0.396 e. The number of benzene rings is 1. The molecule has 3 nitrogen and oxygen atoms in total. The third kappa shape index (κ3) is 3.26. The Labute approximate surface area is 123 Å². The molecule has 1 aromatic heterocycles. The van der Waals surface area contributed by atoms with Gasteiger partial charge in [0.1, 0.15) is 5.01 Å². The van der Waals surface area contributed by atoms with Gasteiger partial charge in [-0.3, -0.25) is 4.90 Å². The van der Waals surface area contributed by atoms with Crippen LogP contribution in [0.15, 0.2) is 35.7 Å². The summed E-state index contributed by atoms with van der Waals surface area (Å²) in [6, 6.07) is 10.3. The van der Waals surface area contributed by atoms with Gasteiger partial charge in [-0.05, 0) is 25.3 Å². The Morgan fingerprint density at radius 2 is 2.15 bits per heavy atom. The summed E-state index contributed by atoms with van der Waals surface area (Å²) in [5.74, 6) is 0.441. The van der Waals surface area contributed by atoms with E-state index in [-0.39, 0.29) is 0 Å². The molecule has 0 spiro atoms.